The Balaban J connectivity index is 1.95. The molecule has 1 unspecified atom stereocenters. The number of hydrogen-bond acceptors (Lipinski definition) is 1. The smallest absolute Gasteiger partial charge is 0.0411 e. The highest BCUT2D eigenvalue weighted by Gasteiger charge is 2.37. The van der Waals surface area contributed by atoms with E-state index in [1.165, 1.54) is 45.2 Å². The summed E-state index contributed by atoms with van der Waals surface area (Å²) in [6.07, 6.45) is 6.88. The molecule has 1 aliphatic carbocycles. The van der Waals surface area contributed by atoms with Crippen molar-refractivity contribution in [3.05, 3.63) is 0 Å². The summed E-state index contributed by atoms with van der Waals surface area (Å²) in [6, 6.07) is 0.874. The van der Waals surface area contributed by atoms with Crippen molar-refractivity contribution >= 4 is 11.6 Å². The second kappa shape index (κ2) is 4.02. The van der Waals surface area contributed by atoms with Crippen molar-refractivity contribution in [1.29, 1.82) is 0 Å². The van der Waals surface area contributed by atoms with Gasteiger partial charge in [-0.15, -0.1) is 11.6 Å². The number of nitrogens with zero attached hydrogens (tertiary/aromatic N) is 1. The molecule has 82 valence electrons. The summed E-state index contributed by atoms with van der Waals surface area (Å²) in [4.78, 5) is 2.69. The van der Waals surface area contributed by atoms with Gasteiger partial charge < -0.3 is 0 Å². The second-order valence-corrected chi connectivity index (χ2v) is 6.18. The first-order valence-electron chi connectivity index (χ1n) is 5.98. The molecule has 1 heterocycles. The van der Waals surface area contributed by atoms with Crippen LogP contribution in [0.5, 0.6) is 0 Å². The molecule has 1 nitrogen and oxygen atoms in total. The molecule has 2 heteroatoms. The summed E-state index contributed by atoms with van der Waals surface area (Å²) in [6.45, 7) is 7.05. The maximum absolute atomic E-state index is 6.35. The van der Waals surface area contributed by atoms with Crippen LogP contribution in [0.2, 0.25) is 0 Å². The molecule has 14 heavy (non-hydrogen) atoms. The normalized spacial score (nSPS) is 34.9. The number of alkyl halides is 1. The van der Waals surface area contributed by atoms with Gasteiger partial charge in [-0.1, -0.05) is 26.7 Å². The second-order valence-electron chi connectivity index (χ2n) is 5.65. The van der Waals surface area contributed by atoms with E-state index in [0.29, 0.717) is 10.8 Å². The van der Waals surface area contributed by atoms with E-state index >= 15 is 0 Å². The minimum absolute atomic E-state index is 0.308. The van der Waals surface area contributed by atoms with Gasteiger partial charge in [0, 0.05) is 18.0 Å². The van der Waals surface area contributed by atoms with Crippen LogP contribution in [0.3, 0.4) is 0 Å². The maximum atomic E-state index is 6.35. The Morgan fingerprint density at radius 1 is 1.14 bits per heavy atom. The predicted molar refractivity (Wildman–Crippen MR) is 61.9 cm³/mol. The van der Waals surface area contributed by atoms with Gasteiger partial charge in [-0.25, -0.2) is 0 Å². The first-order valence-corrected chi connectivity index (χ1v) is 6.41. The molecule has 1 aliphatic heterocycles. The van der Waals surface area contributed by atoms with Gasteiger partial charge in [0.25, 0.3) is 0 Å². The van der Waals surface area contributed by atoms with Crippen LogP contribution in [-0.2, 0) is 0 Å². The summed E-state index contributed by atoms with van der Waals surface area (Å²) in [5.74, 6) is 0. The van der Waals surface area contributed by atoms with Crippen molar-refractivity contribution in [3.8, 4) is 0 Å². The van der Waals surface area contributed by atoms with Crippen LogP contribution in [0.25, 0.3) is 0 Å². The van der Waals surface area contributed by atoms with E-state index in [1.54, 1.807) is 0 Å². The summed E-state index contributed by atoms with van der Waals surface area (Å²) < 4.78 is 0. The lowest BCUT2D eigenvalue weighted by molar-refractivity contribution is 0.0839. The zero-order valence-corrected chi connectivity index (χ0v) is 10.2. The average molecular weight is 216 g/mol. The average Bonchev–Trinajstić information content (AvgIpc) is 2.62. The van der Waals surface area contributed by atoms with E-state index in [4.69, 9.17) is 11.6 Å². The molecule has 1 saturated heterocycles. The van der Waals surface area contributed by atoms with Gasteiger partial charge in [0.2, 0.25) is 0 Å². The van der Waals surface area contributed by atoms with Gasteiger partial charge in [0.1, 0.15) is 0 Å². The number of likely N-dealkylation sites (tertiary alicyclic amines) is 1. The molecule has 0 spiro atoms. The van der Waals surface area contributed by atoms with Crippen LogP contribution in [0, 0.1) is 5.41 Å². The van der Waals surface area contributed by atoms with Gasteiger partial charge in [0.05, 0.1) is 0 Å². The van der Waals surface area contributed by atoms with Crippen LogP contribution >= 0.6 is 11.6 Å². The van der Waals surface area contributed by atoms with E-state index < -0.39 is 0 Å². The van der Waals surface area contributed by atoms with Gasteiger partial charge in [-0.2, -0.15) is 0 Å². The third-order valence-electron chi connectivity index (χ3n) is 3.97. The minimum Gasteiger partial charge on any atom is -0.300 e. The van der Waals surface area contributed by atoms with Crippen LogP contribution in [0.15, 0.2) is 0 Å². The highest BCUT2D eigenvalue weighted by atomic mass is 35.5. The van der Waals surface area contributed by atoms with Crippen LogP contribution in [0.1, 0.15) is 46.0 Å². The van der Waals surface area contributed by atoms with E-state index in [1.807, 2.05) is 0 Å². The van der Waals surface area contributed by atoms with E-state index in [-0.39, 0.29) is 0 Å². The Hall–Kier alpha value is 0.250. The Bertz CT molecular complexity index is 196. The SMILES string of the molecule is CC1(C)CN(C2CCCC2)CCC1Cl. The first-order chi connectivity index (χ1) is 6.59. The highest BCUT2D eigenvalue weighted by molar-refractivity contribution is 6.21. The lowest BCUT2D eigenvalue weighted by atomic mass is 9.83. The molecule has 0 bridgehead atoms. The van der Waals surface area contributed by atoms with Crippen LogP contribution in [-0.4, -0.2) is 29.4 Å². The number of hydrogen-bond donors (Lipinski definition) is 0. The van der Waals surface area contributed by atoms with E-state index in [9.17, 15) is 0 Å². The molecule has 0 aromatic rings. The van der Waals surface area contributed by atoms with Crippen molar-refractivity contribution in [2.24, 2.45) is 5.41 Å². The van der Waals surface area contributed by atoms with Crippen molar-refractivity contribution < 1.29 is 0 Å². The molecule has 1 saturated carbocycles. The summed E-state index contributed by atoms with van der Waals surface area (Å²) >= 11 is 6.35. The fourth-order valence-corrected chi connectivity index (χ4v) is 3.12. The molecule has 2 aliphatic rings. The summed E-state index contributed by atoms with van der Waals surface area (Å²) in [7, 11) is 0. The zero-order chi connectivity index (χ0) is 10.2. The predicted octanol–water partition coefficient (Wildman–Crippen LogP) is 3.27. The molecule has 0 radical (unpaired) electrons. The molecule has 0 aromatic heterocycles. The number of rotatable bonds is 1. The van der Waals surface area contributed by atoms with Crippen molar-refractivity contribution in [2.45, 2.75) is 57.4 Å². The van der Waals surface area contributed by atoms with Crippen molar-refractivity contribution in [1.82, 2.24) is 4.90 Å². The molecular formula is C12H22ClN. The Labute approximate surface area is 92.8 Å². The van der Waals surface area contributed by atoms with Crippen LogP contribution < -0.4 is 0 Å². The molecule has 2 fully saturated rings. The standard InChI is InChI=1S/C12H22ClN/c1-12(2)9-14(8-7-11(12)13)10-5-3-4-6-10/h10-11H,3-9H2,1-2H3. The topological polar surface area (TPSA) is 3.24 Å². The third kappa shape index (κ3) is 2.09. The Morgan fingerprint density at radius 3 is 2.36 bits per heavy atom. The van der Waals surface area contributed by atoms with E-state index in [0.717, 1.165) is 6.04 Å². The molecule has 0 N–H and O–H groups in total. The molecular weight excluding hydrogens is 194 g/mol. The molecule has 2 rings (SSSR count). The lowest BCUT2D eigenvalue weighted by Crippen LogP contribution is -2.49. The Morgan fingerprint density at radius 2 is 1.79 bits per heavy atom. The molecule has 0 amide bonds. The first kappa shape index (κ1) is 10.8. The fourth-order valence-electron chi connectivity index (χ4n) is 2.95. The minimum atomic E-state index is 0.308. The third-order valence-corrected chi connectivity index (χ3v) is 4.78. The highest BCUT2D eigenvalue weighted by Crippen LogP contribution is 2.36. The van der Waals surface area contributed by atoms with Gasteiger partial charge >= 0.3 is 0 Å². The fraction of sp³-hybridized carbons (Fsp3) is 1.00. The summed E-state index contributed by atoms with van der Waals surface area (Å²) in [5.41, 5.74) is 0.308. The van der Waals surface area contributed by atoms with Crippen molar-refractivity contribution in [3.63, 3.8) is 0 Å². The zero-order valence-electron chi connectivity index (χ0n) is 9.43. The summed E-state index contributed by atoms with van der Waals surface area (Å²) in [5, 5.41) is 0.375. The molecule has 0 aromatic carbocycles. The Kier molecular flexibility index (Phi) is 3.09. The molecule has 1 atom stereocenters. The lowest BCUT2D eigenvalue weighted by Gasteiger charge is -2.44. The van der Waals surface area contributed by atoms with Gasteiger partial charge in [0.15, 0.2) is 0 Å². The largest absolute Gasteiger partial charge is 0.300 e. The monoisotopic (exact) mass is 215 g/mol. The number of piperidine rings is 1. The van der Waals surface area contributed by atoms with Crippen LogP contribution in [0.4, 0.5) is 0 Å². The number of halogens is 1. The van der Waals surface area contributed by atoms with Crippen molar-refractivity contribution in [2.75, 3.05) is 13.1 Å². The van der Waals surface area contributed by atoms with E-state index in [2.05, 4.69) is 18.7 Å². The quantitative estimate of drug-likeness (QED) is 0.607. The van der Waals surface area contributed by atoms with Gasteiger partial charge in [-0.3, -0.25) is 4.90 Å². The van der Waals surface area contributed by atoms with Gasteiger partial charge in [-0.05, 0) is 31.2 Å². The maximum Gasteiger partial charge on any atom is 0.0411 e.